The highest BCUT2D eigenvalue weighted by atomic mass is 32.1. The Morgan fingerprint density at radius 2 is 2.47 bits per heavy atom. The molecule has 1 rings (SSSR count). The van der Waals surface area contributed by atoms with Gasteiger partial charge in [0.25, 0.3) is 0 Å². The third kappa shape index (κ3) is 4.55. The first kappa shape index (κ1) is 12.4. The van der Waals surface area contributed by atoms with Crippen LogP contribution in [-0.2, 0) is 0 Å². The minimum absolute atomic E-state index is 0.399. The van der Waals surface area contributed by atoms with Crippen LogP contribution in [0.5, 0.6) is 0 Å². The molecule has 3 nitrogen and oxygen atoms in total. The summed E-state index contributed by atoms with van der Waals surface area (Å²) in [5.74, 6) is 0. The summed E-state index contributed by atoms with van der Waals surface area (Å²) in [6, 6.07) is 0.399. The first-order valence-corrected chi connectivity index (χ1v) is 6.20. The van der Waals surface area contributed by atoms with Gasteiger partial charge in [-0.1, -0.05) is 13.0 Å². The lowest BCUT2D eigenvalue weighted by Gasteiger charge is -2.14. The van der Waals surface area contributed by atoms with Crippen LogP contribution < -0.4 is 10.6 Å². The van der Waals surface area contributed by atoms with Crippen LogP contribution in [0.25, 0.3) is 0 Å². The molecule has 0 bridgehead atoms. The molecule has 2 N–H and O–H groups in total. The van der Waals surface area contributed by atoms with E-state index in [4.69, 9.17) is 0 Å². The minimum atomic E-state index is 0.399. The van der Waals surface area contributed by atoms with E-state index in [0.29, 0.717) is 6.04 Å². The van der Waals surface area contributed by atoms with E-state index < -0.39 is 0 Å². The molecule has 84 valence electrons. The molecular formula is C11H19N3S. The van der Waals surface area contributed by atoms with Crippen LogP contribution in [0.2, 0.25) is 0 Å². The van der Waals surface area contributed by atoms with Gasteiger partial charge in [-0.2, -0.15) is 0 Å². The van der Waals surface area contributed by atoms with Crippen molar-refractivity contribution in [1.82, 2.24) is 15.6 Å². The highest BCUT2D eigenvalue weighted by molar-refractivity contribution is 7.09. The van der Waals surface area contributed by atoms with E-state index in [1.165, 1.54) is 5.01 Å². The Morgan fingerprint density at radius 3 is 3.07 bits per heavy atom. The van der Waals surface area contributed by atoms with Gasteiger partial charge in [0, 0.05) is 31.2 Å². The van der Waals surface area contributed by atoms with E-state index in [1.54, 1.807) is 11.3 Å². The minimum Gasteiger partial charge on any atom is -0.312 e. The summed E-state index contributed by atoms with van der Waals surface area (Å²) < 4.78 is 0. The van der Waals surface area contributed by atoms with E-state index in [1.807, 2.05) is 17.7 Å². The van der Waals surface area contributed by atoms with E-state index >= 15 is 0 Å². The summed E-state index contributed by atoms with van der Waals surface area (Å²) in [7, 11) is 0. The number of rotatable bonds is 8. The molecule has 0 saturated carbocycles. The van der Waals surface area contributed by atoms with Crippen molar-refractivity contribution in [2.45, 2.75) is 19.4 Å². The lowest BCUT2D eigenvalue weighted by molar-refractivity contribution is 0.508. The van der Waals surface area contributed by atoms with Crippen molar-refractivity contribution in [2.24, 2.45) is 0 Å². The number of aromatic nitrogens is 1. The van der Waals surface area contributed by atoms with Gasteiger partial charge in [-0.3, -0.25) is 0 Å². The Labute approximate surface area is 95.6 Å². The lowest BCUT2D eigenvalue weighted by atomic mass is 10.2. The number of thiazole rings is 1. The van der Waals surface area contributed by atoms with Gasteiger partial charge in [0.05, 0.1) is 6.04 Å². The molecule has 1 atom stereocenters. The second kappa shape index (κ2) is 7.56. The molecule has 0 aliphatic heterocycles. The molecule has 0 aliphatic carbocycles. The number of hydrogen-bond donors (Lipinski definition) is 2. The van der Waals surface area contributed by atoms with Gasteiger partial charge in [-0.05, 0) is 6.42 Å². The first-order valence-electron chi connectivity index (χ1n) is 5.32. The van der Waals surface area contributed by atoms with Crippen LogP contribution in [-0.4, -0.2) is 24.6 Å². The Kier molecular flexibility index (Phi) is 6.23. The van der Waals surface area contributed by atoms with Crippen molar-refractivity contribution in [3.8, 4) is 0 Å². The van der Waals surface area contributed by atoms with Crippen LogP contribution in [0.1, 0.15) is 24.4 Å². The molecule has 15 heavy (non-hydrogen) atoms. The molecule has 0 amide bonds. The predicted molar refractivity (Wildman–Crippen MR) is 66.2 cm³/mol. The van der Waals surface area contributed by atoms with Crippen molar-refractivity contribution in [1.29, 1.82) is 0 Å². The van der Waals surface area contributed by atoms with Gasteiger partial charge in [0.15, 0.2) is 0 Å². The predicted octanol–water partition coefficient (Wildman–Crippen LogP) is 1.96. The molecule has 1 aromatic heterocycles. The molecule has 0 radical (unpaired) electrons. The summed E-state index contributed by atoms with van der Waals surface area (Å²) >= 11 is 1.71. The SMILES string of the molecule is C=CCNCCNC(CC)c1nccs1. The number of nitrogens with zero attached hydrogens (tertiary/aromatic N) is 1. The first-order chi connectivity index (χ1) is 7.38. The molecule has 1 heterocycles. The smallest absolute Gasteiger partial charge is 0.109 e. The normalized spacial score (nSPS) is 12.6. The van der Waals surface area contributed by atoms with Crippen LogP contribution in [0.4, 0.5) is 0 Å². The van der Waals surface area contributed by atoms with Gasteiger partial charge in [0.1, 0.15) is 5.01 Å². The summed E-state index contributed by atoms with van der Waals surface area (Å²) in [5, 5.41) is 9.95. The number of nitrogens with one attached hydrogen (secondary N) is 2. The standard InChI is InChI=1S/C11H19N3S/c1-3-5-12-6-7-13-10(4-2)11-14-8-9-15-11/h3,8-10,12-13H,1,4-7H2,2H3. The van der Waals surface area contributed by atoms with Gasteiger partial charge < -0.3 is 10.6 Å². The van der Waals surface area contributed by atoms with Crippen LogP contribution in [0.3, 0.4) is 0 Å². The van der Waals surface area contributed by atoms with Crippen LogP contribution >= 0.6 is 11.3 Å². The average molecular weight is 225 g/mol. The van der Waals surface area contributed by atoms with Gasteiger partial charge >= 0.3 is 0 Å². The highest BCUT2D eigenvalue weighted by Gasteiger charge is 2.09. The van der Waals surface area contributed by atoms with Crippen molar-refractivity contribution >= 4 is 11.3 Å². The molecule has 0 aliphatic rings. The van der Waals surface area contributed by atoms with E-state index in [9.17, 15) is 0 Å². The van der Waals surface area contributed by atoms with Crippen molar-refractivity contribution in [2.75, 3.05) is 19.6 Å². The Morgan fingerprint density at radius 1 is 1.60 bits per heavy atom. The van der Waals surface area contributed by atoms with E-state index in [-0.39, 0.29) is 0 Å². The molecule has 0 spiro atoms. The zero-order valence-electron chi connectivity index (χ0n) is 9.20. The quantitative estimate of drug-likeness (QED) is 0.524. The summed E-state index contributed by atoms with van der Waals surface area (Å²) in [5.41, 5.74) is 0. The molecule has 0 saturated heterocycles. The van der Waals surface area contributed by atoms with Crippen LogP contribution in [0, 0.1) is 0 Å². The highest BCUT2D eigenvalue weighted by Crippen LogP contribution is 2.17. The Bertz CT molecular complexity index is 259. The molecule has 4 heteroatoms. The zero-order valence-corrected chi connectivity index (χ0v) is 10.0. The molecular weight excluding hydrogens is 206 g/mol. The fourth-order valence-electron chi connectivity index (χ4n) is 1.35. The number of hydrogen-bond acceptors (Lipinski definition) is 4. The van der Waals surface area contributed by atoms with Crippen molar-refractivity contribution in [3.05, 3.63) is 29.2 Å². The van der Waals surface area contributed by atoms with Crippen LogP contribution in [0.15, 0.2) is 24.2 Å². The summed E-state index contributed by atoms with van der Waals surface area (Å²) in [6.45, 7) is 8.64. The zero-order chi connectivity index (χ0) is 10.9. The second-order valence-electron chi connectivity index (χ2n) is 3.28. The summed E-state index contributed by atoms with van der Waals surface area (Å²) in [4.78, 5) is 4.32. The monoisotopic (exact) mass is 225 g/mol. The topological polar surface area (TPSA) is 37.0 Å². The van der Waals surface area contributed by atoms with E-state index in [0.717, 1.165) is 26.1 Å². The maximum atomic E-state index is 4.32. The third-order valence-corrected chi connectivity index (χ3v) is 3.03. The fraction of sp³-hybridized carbons (Fsp3) is 0.545. The Balaban J connectivity index is 2.20. The summed E-state index contributed by atoms with van der Waals surface area (Å²) in [6.07, 6.45) is 4.81. The lowest BCUT2D eigenvalue weighted by Crippen LogP contribution is -2.30. The fourth-order valence-corrected chi connectivity index (χ4v) is 2.15. The average Bonchev–Trinajstić information content (AvgIpc) is 2.77. The van der Waals surface area contributed by atoms with Gasteiger partial charge in [0.2, 0.25) is 0 Å². The Hall–Kier alpha value is -0.710. The van der Waals surface area contributed by atoms with Crippen molar-refractivity contribution in [3.63, 3.8) is 0 Å². The molecule has 0 fully saturated rings. The maximum absolute atomic E-state index is 4.32. The maximum Gasteiger partial charge on any atom is 0.109 e. The molecule has 0 aromatic carbocycles. The van der Waals surface area contributed by atoms with Gasteiger partial charge in [-0.15, -0.1) is 17.9 Å². The third-order valence-electron chi connectivity index (χ3n) is 2.14. The molecule has 1 aromatic rings. The van der Waals surface area contributed by atoms with E-state index in [2.05, 4.69) is 29.1 Å². The second-order valence-corrected chi connectivity index (χ2v) is 4.20. The van der Waals surface area contributed by atoms with Gasteiger partial charge in [-0.25, -0.2) is 4.98 Å². The largest absolute Gasteiger partial charge is 0.312 e. The van der Waals surface area contributed by atoms with Crippen molar-refractivity contribution < 1.29 is 0 Å². The molecule has 1 unspecified atom stereocenters.